The molecule has 1 N–H and O–H groups in total. The third kappa shape index (κ3) is 6.55. The van der Waals surface area contributed by atoms with Crippen molar-refractivity contribution in [2.24, 2.45) is 0 Å². The van der Waals surface area contributed by atoms with Gasteiger partial charge in [0.1, 0.15) is 28.2 Å². The summed E-state index contributed by atoms with van der Waals surface area (Å²) in [5, 5.41) is 3.57. The lowest BCUT2D eigenvalue weighted by Gasteiger charge is -2.25. The Balaban J connectivity index is 1.63. The summed E-state index contributed by atoms with van der Waals surface area (Å²) in [5.41, 5.74) is 3.05. The molecule has 0 aliphatic rings. The Labute approximate surface area is 210 Å². The Kier molecular flexibility index (Phi) is 7.90. The Morgan fingerprint density at radius 3 is 1.60 bits per heavy atom. The van der Waals surface area contributed by atoms with Crippen LogP contribution in [0.5, 0.6) is 17.2 Å². The van der Waals surface area contributed by atoms with Gasteiger partial charge in [-0.1, -0.05) is 35.9 Å². The summed E-state index contributed by atoms with van der Waals surface area (Å²) in [7, 11) is 4.95. The van der Waals surface area contributed by atoms with E-state index < -0.39 is 0 Å². The van der Waals surface area contributed by atoms with Crippen molar-refractivity contribution in [1.29, 1.82) is 0 Å². The quantitative estimate of drug-likeness (QED) is 0.269. The van der Waals surface area contributed by atoms with Crippen molar-refractivity contribution in [3.8, 4) is 17.2 Å². The minimum Gasteiger partial charge on any atom is -0.497 e. The van der Waals surface area contributed by atoms with Crippen molar-refractivity contribution < 1.29 is 14.2 Å². The van der Waals surface area contributed by atoms with Crippen LogP contribution in [0, 0.1) is 0 Å². The number of hydrogen-bond acceptors (Lipinski definition) is 7. The number of ether oxygens (including phenoxy) is 3. The van der Waals surface area contributed by atoms with Gasteiger partial charge in [0.15, 0.2) is 0 Å². The van der Waals surface area contributed by atoms with E-state index in [2.05, 4.69) is 15.2 Å². The highest BCUT2D eigenvalue weighted by molar-refractivity contribution is 6.29. The van der Waals surface area contributed by atoms with Crippen molar-refractivity contribution in [3.05, 3.63) is 95.1 Å². The maximum absolute atomic E-state index is 6.42. The topological polar surface area (TPSA) is 68.7 Å². The summed E-state index contributed by atoms with van der Waals surface area (Å²) >= 11 is 6.42. The molecule has 0 atom stereocenters. The van der Waals surface area contributed by atoms with Gasteiger partial charge in [-0.05, 0) is 59.7 Å². The Morgan fingerprint density at radius 1 is 0.686 bits per heavy atom. The second-order valence-electron chi connectivity index (χ2n) is 7.78. The smallest absolute Gasteiger partial charge is 0.230 e. The minimum absolute atomic E-state index is 0.348. The number of methoxy groups -OCH3 is 3. The van der Waals surface area contributed by atoms with Gasteiger partial charge in [-0.2, -0.15) is 4.98 Å². The highest BCUT2D eigenvalue weighted by Gasteiger charge is 2.14. The molecule has 35 heavy (non-hydrogen) atoms. The van der Waals surface area contributed by atoms with Gasteiger partial charge < -0.3 is 24.4 Å². The van der Waals surface area contributed by atoms with E-state index in [0.717, 1.165) is 34.1 Å². The van der Waals surface area contributed by atoms with Crippen molar-refractivity contribution in [2.45, 2.75) is 13.1 Å². The van der Waals surface area contributed by atoms with Gasteiger partial charge in [-0.25, -0.2) is 4.98 Å². The second kappa shape index (κ2) is 11.4. The van der Waals surface area contributed by atoms with E-state index >= 15 is 0 Å². The molecule has 3 aromatic carbocycles. The second-order valence-corrected chi connectivity index (χ2v) is 8.17. The molecule has 0 bridgehead atoms. The molecule has 0 amide bonds. The maximum atomic E-state index is 6.42. The number of nitrogens with one attached hydrogen (secondary N) is 1. The van der Waals surface area contributed by atoms with Crippen molar-refractivity contribution in [3.63, 3.8) is 0 Å². The van der Waals surface area contributed by atoms with Crippen LogP contribution in [0.4, 0.5) is 17.5 Å². The standard InChI is InChI=1S/C27H27ClN4O3/c1-33-22-10-4-19(5-11-22)17-32(18-20-6-12-23(34-2)13-7-20)26-16-25(28)30-27(31-26)29-21-8-14-24(35-3)15-9-21/h4-16H,17-18H2,1-3H3,(H,29,30,31). The average molecular weight is 491 g/mol. The van der Waals surface area contributed by atoms with E-state index in [1.807, 2.05) is 72.8 Å². The molecule has 4 aromatic rings. The van der Waals surface area contributed by atoms with Gasteiger partial charge in [0.05, 0.1) is 21.3 Å². The number of anilines is 3. The Hall–Kier alpha value is -3.97. The molecule has 4 rings (SSSR count). The van der Waals surface area contributed by atoms with Crippen molar-refractivity contribution in [1.82, 2.24) is 9.97 Å². The number of rotatable bonds is 10. The van der Waals surface area contributed by atoms with Crippen LogP contribution in [-0.4, -0.2) is 31.3 Å². The lowest BCUT2D eigenvalue weighted by molar-refractivity contribution is 0.414. The monoisotopic (exact) mass is 490 g/mol. The van der Waals surface area contributed by atoms with Gasteiger partial charge in [-0.3, -0.25) is 0 Å². The lowest BCUT2D eigenvalue weighted by Crippen LogP contribution is -2.23. The number of hydrogen-bond donors (Lipinski definition) is 1. The van der Waals surface area contributed by atoms with Crippen LogP contribution >= 0.6 is 11.6 Å². The molecule has 0 radical (unpaired) electrons. The SMILES string of the molecule is COc1ccc(CN(Cc2ccc(OC)cc2)c2cc(Cl)nc(Nc3ccc(OC)cc3)n2)cc1. The molecule has 1 heterocycles. The minimum atomic E-state index is 0.348. The highest BCUT2D eigenvalue weighted by atomic mass is 35.5. The van der Waals surface area contributed by atoms with E-state index in [4.69, 9.17) is 30.8 Å². The molecule has 0 fully saturated rings. The first kappa shape index (κ1) is 24.2. The van der Waals surface area contributed by atoms with Gasteiger partial charge in [0.2, 0.25) is 5.95 Å². The summed E-state index contributed by atoms with van der Waals surface area (Å²) in [6.07, 6.45) is 0. The van der Waals surface area contributed by atoms with E-state index in [0.29, 0.717) is 30.0 Å². The number of aromatic nitrogens is 2. The Bertz CT molecular complexity index is 1180. The normalized spacial score (nSPS) is 10.5. The third-order valence-corrected chi connectivity index (χ3v) is 5.61. The van der Waals surface area contributed by atoms with Gasteiger partial charge >= 0.3 is 0 Å². The molecule has 0 unspecified atom stereocenters. The number of benzene rings is 3. The zero-order chi connectivity index (χ0) is 24.6. The van der Waals surface area contributed by atoms with Crippen LogP contribution < -0.4 is 24.4 Å². The molecule has 8 heteroatoms. The van der Waals surface area contributed by atoms with E-state index in [1.54, 1.807) is 27.4 Å². The van der Waals surface area contributed by atoms with Crippen LogP contribution in [0.1, 0.15) is 11.1 Å². The first-order chi connectivity index (χ1) is 17.1. The van der Waals surface area contributed by atoms with E-state index in [-0.39, 0.29) is 0 Å². The van der Waals surface area contributed by atoms with Crippen molar-refractivity contribution >= 4 is 29.1 Å². The van der Waals surface area contributed by atoms with Gasteiger partial charge in [0.25, 0.3) is 0 Å². The predicted molar refractivity (Wildman–Crippen MR) is 139 cm³/mol. The van der Waals surface area contributed by atoms with Gasteiger partial charge in [0, 0.05) is 24.8 Å². The zero-order valence-electron chi connectivity index (χ0n) is 19.9. The molecule has 0 aliphatic carbocycles. The highest BCUT2D eigenvalue weighted by Crippen LogP contribution is 2.26. The van der Waals surface area contributed by atoms with Crippen LogP contribution in [-0.2, 0) is 13.1 Å². The van der Waals surface area contributed by atoms with E-state index in [1.165, 1.54) is 0 Å². The molecule has 0 aliphatic heterocycles. The lowest BCUT2D eigenvalue weighted by atomic mass is 10.1. The molecule has 180 valence electrons. The maximum Gasteiger partial charge on any atom is 0.230 e. The fourth-order valence-electron chi connectivity index (χ4n) is 3.55. The molecule has 1 aromatic heterocycles. The summed E-state index contributed by atoms with van der Waals surface area (Å²) in [6, 6.07) is 25.3. The summed E-state index contributed by atoms with van der Waals surface area (Å²) in [5.74, 6) is 3.51. The van der Waals surface area contributed by atoms with Crippen LogP contribution in [0.15, 0.2) is 78.9 Å². The predicted octanol–water partition coefficient (Wildman–Crippen LogP) is 6.11. The van der Waals surface area contributed by atoms with Crippen LogP contribution in [0.3, 0.4) is 0 Å². The molecule has 0 spiro atoms. The van der Waals surface area contributed by atoms with Crippen molar-refractivity contribution in [2.75, 3.05) is 31.5 Å². The molecule has 0 saturated heterocycles. The summed E-state index contributed by atoms with van der Waals surface area (Å²) in [6.45, 7) is 1.23. The summed E-state index contributed by atoms with van der Waals surface area (Å²) in [4.78, 5) is 11.3. The number of nitrogens with zero attached hydrogens (tertiary/aromatic N) is 3. The number of halogens is 1. The molecule has 7 nitrogen and oxygen atoms in total. The molecular weight excluding hydrogens is 464 g/mol. The van der Waals surface area contributed by atoms with Crippen LogP contribution in [0.25, 0.3) is 0 Å². The van der Waals surface area contributed by atoms with E-state index in [9.17, 15) is 0 Å². The fourth-order valence-corrected chi connectivity index (χ4v) is 3.73. The third-order valence-electron chi connectivity index (χ3n) is 5.42. The Morgan fingerprint density at radius 2 is 1.14 bits per heavy atom. The first-order valence-electron chi connectivity index (χ1n) is 11.0. The first-order valence-corrected chi connectivity index (χ1v) is 11.4. The molecule has 0 saturated carbocycles. The summed E-state index contributed by atoms with van der Waals surface area (Å²) < 4.78 is 15.8. The van der Waals surface area contributed by atoms with Gasteiger partial charge in [-0.15, -0.1) is 0 Å². The largest absolute Gasteiger partial charge is 0.497 e. The average Bonchev–Trinajstić information content (AvgIpc) is 2.89. The molecular formula is C27H27ClN4O3. The zero-order valence-corrected chi connectivity index (χ0v) is 20.6. The fraction of sp³-hybridized carbons (Fsp3) is 0.185. The van der Waals surface area contributed by atoms with Crippen LogP contribution in [0.2, 0.25) is 5.15 Å².